The summed E-state index contributed by atoms with van der Waals surface area (Å²) in [6.45, 7) is 5.95. The van der Waals surface area contributed by atoms with Crippen molar-refractivity contribution < 1.29 is 22.5 Å². The zero-order chi connectivity index (χ0) is 19.8. The first-order chi connectivity index (χ1) is 12.7. The maximum Gasteiger partial charge on any atom is 0.261 e. The lowest BCUT2D eigenvalue weighted by atomic mass is 10.0. The highest BCUT2D eigenvalue weighted by Crippen LogP contribution is 2.33. The molecular formula is C18H23N3O5S. The quantitative estimate of drug-likeness (QED) is 0.838. The van der Waals surface area contributed by atoms with Crippen LogP contribution in [0.1, 0.15) is 48.0 Å². The zero-order valence-corrected chi connectivity index (χ0v) is 16.6. The Balaban J connectivity index is 1.96. The summed E-state index contributed by atoms with van der Waals surface area (Å²) < 4.78 is 36.3. The maximum absolute atomic E-state index is 12.9. The van der Waals surface area contributed by atoms with E-state index in [-0.39, 0.29) is 17.6 Å². The number of ether oxygens (including phenoxy) is 1. The van der Waals surface area contributed by atoms with Crippen molar-refractivity contribution in [3.8, 4) is 5.75 Å². The number of aryl methyl sites for hydroxylation is 1. The van der Waals surface area contributed by atoms with Gasteiger partial charge in [-0.15, -0.1) is 0 Å². The van der Waals surface area contributed by atoms with Crippen LogP contribution in [0.3, 0.4) is 0 Å². The van der Waals surface area contributed by atoms with Crippen molar-refractivity contribution in [2.24, 2.45) is 0 Å². The molecule has 1 N–H and O–H groups in total. The number of nitrogens with zero attached hydrogens (tertiary/aromatic N) is 2. The first-order valence-corrected chi connectivity index (χ1v) is 10.3. The highest BCUT2D eigenvalue weighted by molar-refractivity contribution is 7.93. The molecule has 1 aromatic carbocycles. The van der Waals surface area contributed by atoms with Gasteiger partial charge in [0.15, 0.2) is 5.76 Å². The molecular weight excluding hydrogens is 370 g/mol. The lowest BCUT2D eigenvalue weighted by molar-refractivity contribution is 0.102. The van der Waals surface area contributed by atoms with Crippen molar-refractivity contribution >= 4 is 27.3 Å². The van der Waals surface area contributed by atoms with Crippen LogP contribution in [-0.4, -0.2) is 38.9 Å². The first-order valence-electron chi connectivity index (χ1n) is 8.70. The number of sulfonamides is 1. The predicted octanol–water partition coefficient (Wildman–Crippen LogP) is 2.91. The minimum Gasteiger partial charge on any atom is -0.495 e. The van der Waals surface area contributed by atoms with Crippen LogP contribution >= 0.6 is 0 Å². The molecule has 146 valence electrons. The van der Waals surface area contributed by atoms with Gasteiger partial charge in [0.1, 0.15) is 11.3 Å². The van der Waals surface area contributed by atoms with E-state index in [2.05, 4.69) is 10.5 Å². The molecule has 1 aliphatic heterocycles. The van der Waals surface area contributed by atoms with Gasteiger partial charge in [-0.05, 0) is 31.5 Å². The molecule has 2 heterocycles. The number of nitrogens with one attached hydrogen (secondary N) is 1. The topological polar surface area (TPSA) is 102 Å². The average molecular weight is 393 g/mol. The molecule has 0 saturated carbocycles. The zero-order valence-electron chi connectivity index (χ0n) is 15.8. The van der Waals surface area contributed by atoms with Gasteiger partial charge in [0.05, 0.1) is 29.9 Å². The first kappa shape index (κ1) is 19.2. The number of aromatic nitrogens is 1. The van der Waals surface area contributed by atoms with Crippen molar-refractivity contribution in [3.63, 3.8) is 0 Å². The van der Waals surface area contributed by atoms with E-state index in [4.69, 9.17) is 9.26 Å². The van der Waals surface area contributed by atoms with E-state index in [1.165, 1.54) is 11.4 Å². The van der Waals surface area contributed by atoms with E-state index >= 15 is 0 Å². The number of carbonyl (C=O) groups excluding carboxylic acids is 1. The van der Waals surface area contributed by atoms with Gasteiger partial charge in [0, 0.05) is 12.5 Å². The number of amides is 1. The van der Waals surface area contributed by atoms with Crippen LogP contribution in [0.5, 0.6) is 5.75 Å². The molecule has 0 aliphatic carbocycles. The van der Waals surface area contributed by atoms with Crippen LogP contribution in [0.25, 0.3) is 0 Å². The number of benzene rings is 1. The lowest BCUT2D eigenvalue weighted by Crippen LogP contribution is -2.25. The van der Waals surface area contributed by atoms with Crippen LogP contribution in [-0.2, 0) is 10.0 Å². The number of carbonyl (C=O) groups is 1. The van der Waals surface area contributed by atoms with E-state index in [1.807, 2.05) is 13.8 Å². The minimum atomic E-state index is -3.32. The SMILES string of the molecule is COc1ccc(N2CCCS2(=O)=O)cc1NC(=O)c1c(C)noc1C(C)C. The summed E-state index contributed by atoms with van der Waals surface area (Å²) in [5.74, 6) is 0.677. The van der Waals surface area contributed by atoms with Gasteiger partial charge in [-0.1, -0.05) is 19.0 Å². The predicted molar refractivity (Wildman–Crippen MR) is 102 cm³/mol. The Morgan fingerprint density at radius 3 is 2.70 bits per heavy atom. The van der Waals surface area contributed by atoms with Crippen LogP contribution in [0, 0.1) is 6.92 Å². The number of methoxy groups -OCH3 is 1. The Kier molecular flexibility index (Phi) is 5.14. The van der Waals surface area contributed by atoms with E-state index in [9.17, 15) is 13.2 Å². The number of hydrogen-bond donors (Lipinski definition) is 1. The maximum atomic E-state index is 12.9. The Labute approximate surface area is 158 Å². The molecule has 0 atom stereocenters. The van der Waals surface area contributed by atoms with Gasteiger partial charge < -0.3 is 14.6 Å². The molecule has 1 amide bonds. The molecule has 1 aliphatic rings. The molecule has 9 heteroatoms. The standard InChI is InChI=1S/C18H23N3O5S/c1-11(2)17-16(12(3)20-26-17)18(22)19-14-10-13(6-7-15(14)25-4)21-8-5-9-27(21,23)24/h6-7,10-11H,5,8-9H2,1-4H3,(H,19,22). The van der Waals surface area contributed by atoms with Crippen molar-refractivity contribution in [2.45, 2.75) is 33.1 Å². The Morgan fingerprint density at radius 2 is 2.11 bits per heavy atom. The second-order valence-corrected chi connectivity index (χ2v) is 8.76. The summed E-state index contributed by atoms with van der Waals surface area (Å²) >= 11 is 0. The smallest absolute Gasteiger partial charge is 0.261 e. The van der Waals surface area contributed by atoms with E-state index < -0.39 is 10.0 Å². The summed E-state index contributed by atoms with van der Waals surface area (Å²) in [5, 5.41) is 6.69. The monoisotopic (exact) mass is 393 g/mol. The van der Waals surface area contributed by atoms with Crippen LogP contribution < -0.4 is 14.4 Å². The second-order valence-electron chi connectivity index (χ2n) is 6.74. The molecule has 1 saturated heterocycles. The fraction of sp³-hybridized carbons (Fsp3) is 0.444. The van der Waals surface area contributed by atoms with E-state index in [1.54, 1.807) is 25.1 Å². The Hall–Kier alpha value is -2.55. The lowest BCUT2D eigenvalue weighted by Gasteiger charge is -2.19. The van der Waals surface area contributed by atoms with Gasteiger partial charge in [-0.3, -0.25) is 9.10 Å². The van der Waals surface area contributed by atoms with Crippen molar-refractivity contribution in [1.82, 2.24) is 5.16 Å². The fourth-order valence-corrected chi connectivity index (χ4v) is 4.68. The largest absolute Gasteiger partial charge is 0.495 e. The molecule has 27 heavy (non-hydrogen) atoms. The molecule has 0 bridgehead atoms. The van der Waals surface area contributed by atoms with Gasteiger partial charge in [-0.25, -0.2) is 8.42 Å². The van der Waals surface area contributed by atoms with Crippen LogP contribution in [0.15, 0.2) is 22.7 Å². The molecule has 2 aromatic rings. The second kappa shape index (κ2) is 7.22. The van der Waals surface area contributed by atoms with E-state index in [0.29, 0.717) is 47.1 Å². The summed E-state index contributed by atoms with van der Waals surface area (Å²) in [7, 11) is -1.83. The average Bonchev–Trinajstić information content (AvgIpc) is 3.16. The molecule has 1 fully saturated rings. The van der Waals surface area contributed by atoms with Gasteiger partial charge in [-0.2, -0.15) is 0 Å². The van der Waals surface area contributed by atoms with Gasteiger partial charge in [0.2, 0.25) is 10.0 Å². The number of rotatable bonds is 5. The summed E-state index contributed by atoms with van der Waals surface area (Å²) in [6.07, 6.45) is 0.577. The minimum absolute atomic E-state index is 0.00470. The third kappa shape index (κ3) is 3.64. The van der Waals surface area contributed by atoms with Crippen molar-refractivity contribution in [2.75, 3.05) is 29.0 Å². The molecule has 0 spiro atoms. The third-order valence-electron chi connectivity index (χ3n) is 4.46. The van der Waals surface area contributed by atoms with Crippen LogP contribution in [0.4, 0.5) is 11.4 Å². The number of hydrogen-bond acceptors (Lipinski definition) is 6. The highest BCUT2D eigenvalue weighted by Gasteiger charge is 2.29. The van der Waals surface area contributed by atoms with Crippen LogP contribution in [0.2, 0.25) is 0 Å². The summed E-state index contributed by atoms with van der Waals surface area (Å²) in [6, 6.07) is 4.92. The molecule has 0 radical (unpaired) electrons. The van der Waals surface area contributed by atoms with Crippen molar-refractivity contribution in [3.05, 3.63) is 35.2 Å². The Morgan fingerprint density at radius 1 is 1.37 bits per heavy atom. The molecule has 0 unspecified atom stereocenters. The molecule has 3 rings (SSSR count). The fourth-order valence-electron chi connectivity index (χ4n) is 3.12. The third-order valence-corrected chi connectivity index (χ3v) is 6.33. The summed E-state index contributed by atoms with van der Waals surface area (Å²) in [5.41, 5.74) is 1.76. The van der Waals surface area contributed by atoms with Gasteiger partial charge in [0.25, 0.3) is 5.91 Å². The normalized spacial score (nSPS) is 16.0. The summed E-state index contributed by atoms with van der Waals surface area (Å²) in [4.78, 5) is 12.9. The highest BCUT2D eigenvalue weighted by atomic mass is 32.2. The molecule has 8 nitrogen and oxygen atoms in total. The van der Waals surface area contributed by atoms with Crippen molar-refractivity contribution in [1.29, 1.82) is 0 Å². The van der Waals surface area contributed by atoms with E-state index in [0.717, 1.165) is 0 Å². The number of anilines is 2. The Bertz CT molecular complexity index is 965. The van der Waals surface area contributed by atoms with Gasteiger partial charge >= 0.3 is 0 Å². The molecule has 1 aromatic heterocycles.